The molecule has 0 radical (unpaired) electrons. The molecule has 0 spiro atoms. The molecule has 0 bridgehead atoms. The van der Waals surface area contributed by atoms with Crippen molar-refractivity contribution in [3.05, 3.63) is 34.9 Å². The molecule has 1 rings (SSSR count). The molecule has 0 aromatic carbocycles. The van der Waals surface area contributed by atoms with Gasteiger partial charge in [-0.1, -0.05) is 52.3 Å². The van der Waals surface area contributed by atoms with Gasteiger partial charge in [-0.2, -0.15) is 5.26 Å². The van der Waals surface area contributed by atoms with Crippen LogP contribution in [0.25, 0.3) is 0 Å². The number of nitriles is 1. The van der Waals surface area contributed by atoms with Gasteiger partial charge < -0.3 is 0 Å². The van der Waals surface area contributed by atoms with Gasteiger partial charge in [0.25, 0.3) is 0 Å². The molecule has 1 aliphatic carbocycles. The van der Waals surface area contributed by atoms with Gasteiger partial charge in [0.15, 0.2) is 0 Å². The molecule has 0 atom stereocenters. The third-order valence-corrected chi connectivity index (χ3v) is 4.06. The average molecular weight is 257 g/mol. The van der Waals surface area contributed by atoms with E-state index in [2.05, 4.69) is 59.8 Å². The minimum atomic E-state index is 0.0134. The lowest BCUT2D eigenvalue weighted by Gasteiger charge is -2.33. The fourth-order valence-corrected chi connectivity index (χ4v) is 2.77. The standard InChI is InChI=1S/C18H27N/c1-14-8-7-12-18(5,6)16(14)10-9-15(11-13-19)17(2,3)4/h9-11H,7-8,12H2,1-6H3/b10-9+,15-11-. The first-order valence-electron chi connectivity index (χ1n) is 7.17. The van der Waals surface area contributed by atoms with E-state index in [-0.39, 0.29) is 10.8 Å². The Labute approximate surface area is 118 Å². The lowest BCUT2D eigenvalue weighted by molar-refractivity contribution is 0.376. The number of hydrogen-bond acceptors (Lipinski definition) is 1. The van der Waals surface area contributed by atoms with Crippen LogP contribution in [0.15, 0.2) is 34.9 Å². The molecule has 0 heterocycles. The normalized spacial score (nSPS) is 20.8. The van der Waals surface area contributed by atoms with Gasteiger partial charge in [0, 0.05) is 6.08 Å². The van der Waals surface area contributed by atoms with E-state index in [1.54, 1.807) is 6.08 Å². The molecule has 0 aromatic heterocycles. The molecule has 0 unspecified atom stereocenters. The van der Waals surface area contributed by atoms with E-state index >= 15 is 0 Å². The quantitative estimate of drug-likeness (QED) is 0.469. The topological polar surface area (TPSA) is 23.8 Å². The van der Waals surface area contributed by atoms with Crippen LogP contribution in [0.1, 0.15) is 60.8 Å². The molecule has 1 aliphatic rings. The predicted octanol–water partition coefficient (Wildman–Crippen LogP) is 5.57. The second-order valence-electron chi connectivity index (χ2n) is 7.24. The molecule has 0 N–H and O–H groups in total. The smallest absolute Gasteiger partial charge is 0.0915 e. The summed E-state index contributed by atoms with van der Waals surface area (Å²) in [5.41, 5.74) is 4.31. The summed E-state index contributed by atoms with van der Waals surface area (Å²) in [5.74, 6) is 0. The molecular formula is C18H27N. The molecule has 0 aromatic rings. The van der Waals surface area contributed by atoms with Crippen LogP contribution < -0.4 is 0 Å². The van der Waals surface area contributed by atoms with Crippen LogP contribution in [0.4, 0.5) is 0 Å². The summed E-state index contributed by atoms with van der Waals surface area (Å²) in [6, 6.07) is 2.16. The van der Waals surface area contributed by atoms with Crippen molar-refractivity contribution in [2.75, 3.05) is 0 Å². The Morgan fingerprint density at radius 1 is 1.32 bits per heavy atom. The van der Waals surface area contributed by atoms with Crippen molar-refractivity contribution in [2.45, 2.75) is 60.8 Å². The van der Waals surface area contributed by atoms with Crippen molar-refractivity contribution in [1.29, 1.82) is 5.26 Å². The summed E-state index contributed by atoms with van der Waals surface area (Å²) in [7, 11) is 0. The highest BCUT2D eigenvalue weighted by molar-refractivity contribution is 5.39. The lowest BCUT2D eigenvalue weighted by Crippen LogP contribution is -2.19. The van der Waals surface area contributed by atoms with Crippen LogP contribution in [0.2, 0.25) is 0 Å². The first kappa shape index (κ1) is 15.8. The largest absolute Gasteiger partial charge is 0.193 e. The van der Waals surface area contributed by atoms with Crippen molar-refractivity contribution in [3.63, 3.8) is 0 Å². The van der Waals surface area contributed by atoms with Crippen molar-refractivity contribution in [3.8, 4) is 6.07 Å². The number of rotatable bonds is 2. The van der Waals surface area contributed by atoms with E-state index < -0.39 is 0 Å². The van der Waals surface area contributed by atoms with Crippen molar-refractivity contribution in [2.24, 2.45) is 10.8 Å². The van der Waals surface area contributed by atoms with Crippen LogP contribution in [-0.4, -0.2) is 0 Å². The molecule has 0 saturated heterocycles. The third-order valence-electron chi connectivity index (χ3n) is 4.06. The van der Waals surface area contributed by atoms with E-state index in [9.17, 15) is 0 Å². The molecule has 1 nitrogen and oxygen atoms in total. The highest BCUT2D eigenvalue weighted by Crippen LogP contribution is 2.41. The summed E-state index contributed by atoms with van der Waals surface area (Å²) in [6.45, 7) is 13.3. The Morgan fingerprint density at radius 2 is 1.95 bits per heavy atom. The minimum absolute atomic E-state index is 0.0134. The maximum Gasteiger partial charge on any atom is 0.0915 e. The third kappa shape index (κ3) is 4.10. The van der Waals surface area contributed by atoms with Gasteiger partial charge in [-0.15, -0.1) is 0 Å². The molecular weight excluding hydrogens is 230 g/mol. The van der Waals surface area contributed by atoms with Crippen LogP contribution in [0, 0.1) is 22.2 Å². The van der Waals surface area contributed by atoms with Gasteiger partial charge in [0.05, 0.1) is 6.07 Å². The van der Waals surface area contributed by atoms with Crippen LogP contribution in [0.5, 0.6) is 0 Å². The Morgan fingerprint density at radius 3 is 2.42 bits per heavy atom. The summed E-state index contributed by atoms with van der Waals surface area (Å²) >= 11 is 0. The molecule has 0 aliphatic heterocycles. The molecule has 0 amide bonds. The van der Waals surface area contributed by atoms with Gasteiger partial charge in [-0.05, 0) is 48.2 Å². The Balaban J connectivity index is 3.10. The number of hydrogen-bond donors (Lipinski definition) is 0. The molecule has 0 saturated carbocycles. The summed E-state index contributed by atoms with van der Waals surface area (Å²) in [6.07, 6.45) is 9.78. The monoisotopic (exact) mass is 257 g/mol. The maximum absolute atomic E-state index is 8.92. The SMILES string of the molecule is CC1=C(/C=C/C(=C/C#N)C(C)(C)C)C(C)(C)CCC1. The van der Waals surface area contributed by atoms with E-state index in [0.29, 0.717) is 0 Å². The fraction of sp³-hybridized carbons (Fsp3) is 0.611. The van der Waals surface area contributed by atoms with Crippen LogP contribution >= 0.6 is 0 Å². The summed E-state index contributed by atoms with van der Waals surface area (Å²) in [4.78, 5) is 0. The number of allylic oxidation sites excluding steroid dienone is 6. The van der Waals surface area contributed by atoms with Crippen molar-refractivity contribution >= 4 is 0 Å². The average Bonchev–Trinajstić information content (AvgIpc) is 2.24. The van der Waals surface area contributed by atoms with Gasteiger partial charge in [0.2, 0.25) is 0 Å². The Kier molecular flexibility index (Phi) is 4.80. The van der Waals surface area contributed by atoms with Crippen molar-refractivity contribution in [1.82, 2.24) is 0 Å². The zero-order valence-corrected chi connectivity index (χ0v) is 13.3. The molecule has 1 heteroatoms. The Hall–Kier alpha value is -1.29. The molecule has 104 valence electrons. The molecule has 19 heavy (non-hydrogen) atoms. The van der Waals surface area contributed by atoms with E-state index in [1.165, 1.54) is 30.4 Å². The zero-order chi connectivity index (χ0) is 14.7. The van der Waals surface area contributed by atoms with Crippen molar-refractivity contribution < 1.29 is 0 Å². The van der Waals surface area contributed by atoms with E-state index in [4.69, 9.17) is 5.26 Å². The van der Waals surface area contributed by atoms with Gasteiger partial charge in [0.1, 0.15) is 0 Å². The van der Waals surface area contributed by atoms with Crippen LogP contribution in [0.3, 0.4) is 0 Å². The highest BCUT2D eigenvalue weighted by atomic mass is 14.3. The van der Waals surface area contributed by atoms with E-state index in [0.717, 1.165) is 5.57 Å². The van der Waals surface area contributed by atoms with Gasteiger partial charge in [-0.3, -0.25) is 0 Å². The highest BCUT2D eigenvalue weighted by Gasteiger charge is 2.26. The zero-order valence-electron chi connectivity index (χ0n) is 13.3. The first-order valence-corrected chi connectivity index (χ1v) is 7.17. The minimum Gasteiger partial charge on any atom is -0.193 e. The van der Waals surface area contributed by atoms with Gasteiger partial charge in [-0.25, -0.2) is 0 Å². The molecule has 0 fully saturated rings. The fourth-order valence-electron chi connectivity index (χ4n) is 2.77. The lowest BCUT2D eigenvalue weighted by atomic mass is 9.72. The van der Waals surface area contributed by atoms with Gasteiger partial charge >= 0.3 is 0 Å². The second-order valence-corrected chi connectivity index (χ2v) is 7.24. The predicted molar refractivity (Wildman–Crippen MR) is 82.6 cm³/mol. The van der Waals surface area contributed by atoms with E-state index in [1.807, 2.05) is 0 Å². The van der Waals surface area contributed by atoms with Crippen LogP contribution in [-0.2, 0) is 0 Å². The first-order chi connectivity index (χ1) is 8.68. The summed E-state index contributed by atoms with van der Waals surface area (Å²) in [5, 5.41) is 8.92. The Bertz CT molecular complexity index is 459. The maximum atomic E-state index is 8.92. The summed E-state index contributed by atoms with van der Waals surface area (Å²) < 4.78 is 0. The number of nitrogens with zero attached hydrogens (tertiary/aromatic N) is 1. The second kappa shape index (κ2) is 5.78.